The van der Waals surface area contributed by atoms with Crippen molar-refractivity contribution in [3.63, 3.8) is 0 Å². The predicted octanol–water partition coefficient (Wildman–Crippen LogP) is 2.48. The van der Waals surface area contributed by atoms with Crippen LogP contribution in [0.25, 0.3) is 0 Å². The van der Waals surface area contributed by atoms with Gasteiger partial charge in [-0.2, -0.15) is 0 Å². The highest BCUT2D eigenvalue weighted by Gasteiger charge is 2.33. The minimum atomic E-state index is -0.141. The molecule has 132 valence electrons. The number of carbonyl (C=O) groups is 1. The van der Waals surface area contributed by atoms with Gasteiger partial charge in [-0.3, -0.25) is 10.2 Å². The van der Waals surface area contributed by atoms with Gasteiger partial charge in [0.05, 0.1) is 18.6 Å². The lowest BCUT2D eigenvalue weighted by Gasteiger charge is -2.19. The van der Waals surface area contributed by atoms with Gasteiger partial charge in [0.25, 0.3) is 0 Å². The molecule has 0 aliphatic carbocycles. The van der Waals surface area contributed by atoms with Gasteiger partial charge in [0.2, 0.25) is 5.91 Å². The van der Waals surface area contributed by atoms with E-state index < -0.39 is 0 Å². The van der Waals surface area contributed by atoms with Crippen LogP contribution in [0.4, 0.5) is 0 Å². The number of hydrazine groups is 1. The molecule has 5 nitrogen and oxygen atoms in total. The quantitative estimate of drug-likeness (QED) is 0.757. The van der Waals surface area contributed by atoms with E-state index >= 15 is 0 Å². The van der Waals surface area contributed by atoms with Crippen molar-refractivity contribution in [3.05, 3.63) is 65.2 Å². The summed E-state index contributed by atoms with van der Waals surface area (Å²) in [6, 6.07) is 16.1. The van der Waals surface area contributed by atoms with Gasteiger partial charge in [0, 0.05) is 13.1 Å². The van der Waals surface area contributed by atoms with Gasteiger partial charge in [-0.25, -0.2) is 5.43 Å². The molecule has 25 heavy (non-hydrogen) atoms. The number of aryl methyl sites for hydroxylation is 1. The Morgan fingerprint density at radius 3 is 2.80 bits per heavy atom. The first-order chi connectivity index (χ1) is 12.2. The van der Waals surface area contributed by atoms with Crippen LogP contribution in [-0.2, 0) is 11.3 Å². The number of ether oxygens (including phenoxy) is 1. The van der Waals surface area contributed by atoms with Crippen molar-refractivity contribution in [1.29, 1.82) is 0 Å². The second-order valence-electron chi connectivity index (χ2n) is 6.32. The highest BCUT2D eigenvalue weighted by molar-refractivity contribution is 5.80. The fourth-order valence-corrected chi connectivity index (χ4v) is 3.06. The zero-order valence-corrected chi connectivity index (χ0v) is 14.7. The highest BCUT2D eigenvalue weighted by Crippen LogP contribution is 2.25. The van der Waals surface area contributed by atoms with Crippen molar-refractivity contribution in [3.8, 4) is 5.75 Å². The standard InChI is InChI=1S/C20H25N3O2/c1-3-25-17-6-4-5-15(11-17)12-21-20(24)18-13-22-23-19(18)16-9-7-14(2)8-10-16/h4-11,18-19,22-23H,3,12-13H2,1-2H3,(H,21,24). The van der Waals surface area contributed by atoms with E-state index in [0.29, 0.717) is 19.7 Å². The Morgan fingerprint density at radius 1 is 1.24 bits per heavy atom. The molecule has 1 amide bonds. The third-order valence-corrected chi connectivity index (χ3v) is 4.43. The lowest BCUT2D eigenvalue weighted by atomic mass is 9.93. The van der Waals surface area contributed by atoms with Crippen LogP contribution in [0.1, 0.15) is 29.7 Å². The van der Waals surface area contributed by atoms with Crippen LogP contribution in [-0.4, -0.2) is 19.1 Å². The molecule has 1 heterocycles. The maximum absolute atomic E-state index is 12.7. The molecule has 2 aromatic rings. The van der Waals surface area contributed by atoms with Gasteiger partial charge in [-0.15, -0.1) is 0 Å². The number of nitrogens with one attached hydrogen (secondary N) is 3. The van der Waals surface area contributed by atoms with E-state index in [-0.39, 0.29) is 17.9 Å². The summed E-state index contributed by atoms with van der Waals surface area (Å²) < 4.78 is 5.50. The van der Waals surface area contributed by atoms with Gasteiger partial charge in [-0.05, 0) is 37.1 Å². The van der Waals surface area contributed by atoms with Gasteiger partial charge < -0.3 is 10.1 Å². The molecule has 0 saturated carbocycles. The Hall–Kier alpha value is -2.37. The average Bonchev–Trinajstić information content (AvgIpc) is 3.11. The Bertz CT molecular complexity index is 715. The van der Waals surface area contributed by atoms with Gasteiger partial charge in [0.15, 0.2) is 0 Å². The summed E-state index contributed by atoms with van der Waals surface area (Å²) >= 11 is 0. The van der Waals surface area contributed by atoms with E-state index in [1.807, 2.05) is 31.2 Å². The summed E-state index contributed by atoms with van der Waals surface area (Å²) in [4.78, 5) is 12.7. The molecule has 1 saturated heterocycles. The first-order valence-electron chi connectivity index (χ1n) is 8.72. The maximum atomic E-state index is 12.7. The number of rotatable bonds is 6. The molecule has 3 N–H and O–H groups in total. The minimum absolute atomic E-state index is 0.0182. The largest absolute Gasteiger partial charge is 0.494 e. The second-order valence-corrected chi connectivity index (χ2v) is 6.32. The third-order valence-electron chi connectivity index (χ3n) is 4.43. The van der Waals surface area contributed by atoms with Crippen molar-refractivity contribution >= 4 is 5.91 Å². The van der Waals surface area contributed by atoms with Crippen molar-refractivity contribution in [2.75, 3.05) is 13.2 Å². The third kappa shape index (κ3) is 4.38. The number of benzene rings is 2. The molecule has 2 aromatic carbocycles. The van der Waals surface area contributed by atoms with E-state index in [1.165, 1.54) is 5.56 Å². The van der Waals surface area contributed by atoms with E-state index in [0.717, 1.165) is 16.9 Å². The van der Waals surface area contributed by atoms with Crippen LogP contribution >= 0.6 is 0 Å². The van der Waals surface area contributed by atoms with Crippen LogP contribution in [0.2, 0.25) is 0 Å². The van der Waals surface area contributed by atoms with Crippen LogP contribution in [0.15, 0.2) is 48.5 Å². The first kappa shape index (κ1) is 17.5. The zero-order valence-electron chi connectivity index (χ0n) is 14.7. The molecule has 0 aromatic heterocycles. The Morgan fingerprint density at radius 2 is 2.04 bits per heavy atom. The van der Waals surface area contributed by atoms with Crippen LogP contribution < -0.4 is 20.9 Å². The minimum Gasteiger partial charge on any atom is -0.494 e. The molecule has 2 unspecified atom stereocenters. The Labute approximate surface area is 148 Å². The summed E-state index contributed by atoms with van der Waals surface area (Å²) in [6.45, 7) is 5.76. The Kier molecular flexibility index (Phi) is 5.68. The fraction of sp³-hybridized carbons (Fsp3) is 0.350. The number of amides is 1. The van der Waals surface area contributed by atoms with E-state index in [2.05, 4.69) is 47.4 Å². The van der Waals surface area contributed by atoms with E-state index in [4.69, 9.17) is 4.74 Å². The number of hydrogen-bond acceptors (Lipinski definition) is 4. The number of carbonyl (C=O) groups excluding carboxylic acids is 1. The van der Waals surface area contributed by atoms with Crippen LogP contribution in [0.3, 0.4) is 0 Å². The average molecular weight is 339 g/mol. The molecule has 5 heteroatoms. The highest BCUT2D eigenvalue weighted by atomic mass is 16.5. The summed E-state index contributed by atoms with van der Waals surface area (Å²) in [5, 5.41) is 3.05. The normalized spacial score (nSPS) is 19.6. The molecule has 2 atom stereocenters. The smallest absolute Gasteiger partial charge is 0.226 e. The molecule has 1 aliphatic rings. The van der Waals surface area contributed by atoms with Crippen molar-refractivity contribution < 1.29 is 9.53 Å². The SMILES string of the molecule is CCOc1cccc(CNC(=O)C2CNNC2c2ccc(C)cc2)c1. The fourth-order valence-electron chi connectivity index (χ4n) is 3.06. The summed E-state index contributed by atoms with van der Waals surface area (Å²) in [6.07, 6.45) is 0. The summed E-state index contributed by atoms with van der Waals surface area (Å²) in [5.74, 6) is 0.735. The lowest BCUT2D eigenvalue weighted by molar-refractivity contribution is -0.125. The van der Waals surface area contributed by atoms with Gasteiger partial charge >= 0.3 is 0 Å². The first-order valence-corrected chi connectivity index (χ1v) is 8.72. The molecular formula is C20H25N3O2. The molecule has 0 bridgehead atoms. The van der Waals surface area contributed by atoms with Crippen molar-refractivity contribution in [1.82, 2.24) is 16.2 Å². The van der Waals surface area contributed by atoms with Gasteiger partial charge in [-0.1, -0.05) is 42.0 Å². The zero-order chi connectivity index (χ0) is 17.6. The van der Waals surface area contributed by atoms with E-state index in [1.54, 1.807) is 0 Å². The lowest BCUT2D eigenvalue weighted by Crippen LogP contribution is -2.34. The maximum Gasteiger partial charge on any atom is 0.226 e. The van der Waals surface area contributed by atoms with E-state index in [9.17, 15) is 4.79 Å². The molecule has 0 spiro atoms. The second kappa shape index (κ2) is 8.14. The summed E-state index contributed by atoms with van der Waals surface area (Å²) in [5.41, 5.74) is 9.69. The predicted molar refractivity (Wildman–Crippen MR) is 98.0 cm³/mol. The van der Waals surface area contributed by atoms with Crippen molar-refractivity contribution in [2.24, 2.45) is 5.92 Å². The molecule has 0 radical (unpaired) electrons. The number of hydrogen-bond donors (Lipinski definition) is 3. The molecule has 1 fully saturated rings. The summed E-state index contributed by atoms with van der Waals surface area (Å²) in [7, 11) is 0. The molecule has 3 rings (SSSR count). The van der Waals surface area contributed by atoms with Gasteiger partial charge in [0.1, 0.15) is 5.75 Å². The molecular weight excluding hydrogens is 314 g/mol. The van der Waals surface area contributed by atoms with Crippen LogP contribution in [0.5, 0.6) is 5.75 Å². The molecule has 1 aliphatic heterocycles. The van der Waals surface area contributed by atoms with Crippen molar-refractivity contribution in [2.45, 2.75) is 26.4 Å². The Balaban J connectivity index is 1.62. The topological polar surface area (TPSA) is 62.4 Å². The monoisotopic (exact) mass is 339 g/mol. The van der Waals surface area contributed by atoms with Crippen LogP contribution in [0, 0.1) is 12.8 Å².